The fourth-order valence-corrected chi connectivity index (χ4v) is 3.21. The Balaban J connectivity index is 0.00000208. The zero-order chi connectivity index (χ0) is 16.2. The van der Waals surface area contributed by atoms with Gasteiger partial charge in [-0.15, -0.1) is 12.4 Å². The number of halogens is 1. The number of hydrogen-bond acceptors (Lipinski definition) is 3. The Kier molecular flexibility index (Phi) is 6.26. The average molecular weight is 349 g/mol. The topological polar surface area (TPSA) is 72.9 Å². The number of nitrogens with zero attached hydrogens (tertiary/aromatic N) is 2. The second-order valence-electron chi connectivity index (χ2n) is 6.38. The highest BCUT2D eigenvalue weighted by atomic mass is 35.5. The smallest absolute Gasteiger partial charge is 0.229 e. The summed E-state index contributed by atoms with van der Waals surface area (Å²) in [6, 6.07) is 9.41. The summed E-state index contributed by atoms with van der Waals surface area (Å²) in [5.74, 6) is 1.27. The summed E-state index contributed by atoms with van der Waals surface area (Å²) in [4.78, 5) is 12.2. The molecule has 0 saturated heterocycles. The molecule has 1 aromatic heterocycles. The van der Waals surface area contributed by atoms with Gasteiger partial charge in [-0.1, -0.05) is 31.4 Å². The number of nitrogens with two attached hydrogens (primary N) is 1. The number of anilines is 2. The summed E-state index contributed by atoms with van der Waals surface area (Å²) in [6.07, 6.45) is 6.63. The van der Waals surface area contributed by atoms with Crippen LogP contribution in [0.5, 0.6) is 0 Å². The molecule has 0 radical (unpaired) electrons. The molecule has 1 fully saturated rings. The average Bonchev–Trinajstić information content (AvgIpc) is 2.91. The Bertz CT molecular complexity index is 675. The van der Waals surface area contributed by atoms with Crippen LogP contribution in [0.3, 0.4) is 0 Å². The van der Waals surface area contributed by atoms with E-state index in [9.17, 15) is 4.79 Å². The van der Waals surface area contributed by atoms with E-state index in [1.165, 1.54) is 32.1 Å². The van der Waals surface area contributed by atoms with E-state index in [1.54, 1.807) is 4.68 Å². The molecule has 1 aromatic carbocycles. The van der Waals surface area contributed by atoms with E-state index < -0.39 is 0 Å². The van der Waals surface area contributed by atoms with Crippen molar-refractivity contribution in [1.82, 2.24) is 9.78 Å². The van der Waals surface area contributed by atoms with Crippen molar-refractivity contribution < 1.29 is 4.79 Å². The molecule has 1 heterocycles. The molecule has 3 rings (SSSR count). The van der Waals surface area contributed by atoms with Gasteiger partial charge in [-0.3, -0.25) is 9.48 Å². The number of hydrogen-bond donors (Lipinski definition) is 2. The molecule has 5 nitrogen and oxygen atoms in total. The molecular weight excluding hydrogens is 324 g/mol. The first-order valence-electron chi connectivity index (χ1n) is 8.30. The van der Waals surface area contributed by atoms with Crippen molar-refractivity contribution in [3.63, 3.8) is 0 Å². The molecule has 1 amide bonds. The minimum absolute atomic E-state index is 0. The first-order valence-corrected chi connectivity index (χ1v) is 8.30. The molecule has 0 bridgehead atoms. The highest BCUT2D eigenvalue weighted by Gasteiger charge is 2.19. The van der Waals surface area contributed by atoms with Gasteiger partial charge in [0.1, 0.15) is 5.82 Å². The van der Waals surface area contributed by atoms with Gasteiger partial charge in [0.15, 0.2) is 0 Å². The quantitative estimate of drug-likeness (QED) is 0.828. The van der Waals surface area contributed by atoms with Crippen molar-refractivity contribution in [3.05, 3.63) is 41.6 Å². The van der Waals surface area contributed by atoms with Crippen molar-refractivity contribution >= 4 is 29.8 Å². The van der Waals surface area contributed by atoms with Crippen molar-refractivity contribution in [2.24, 2.45) is 7.05 Å². The molecule has 24 heavy (non-hydrogen) atoms. The van der Waals surface area contributed by atoms with E-state index in [4.69, 9.17) is 5.73 Å². The molecule has 0 aliphatic heterocycles. The van der Waals surface area contributed by atoms with Gasteiger partial charge in [-0.25, -0.2) is 0 Å². The molecule has 130 valence electrons. The van der Waals surface area contributed by atoms with Crippen LogP contribution in [0.2, 0.25) is 0 Å². The van der Waals surface area contributed by atoms with Gasteiger partial charge in [0.25, 0.3) is 0 Å². The minimum atomic E-state index is -0.0343. The molecule has 0 unspecified atom stereocenters. The summed E-state index contributed by atoms with van der Waals surface area (Å²) < 4.78 is 1.77. The van der Waals surface area contributed by atoms with Gasteiger partial charge in [0.05, 0.1) is 12.1 Å². The maximum Gasteiger partial charge on any atom is 0.229 e. The van der Waals surface area contributed by atoms with Crippen molar-refractivity contribution in [1.29, 1.82) is 0 Å². The van der Waals surface area contributed by atoms with E-state index in [1.807, 2.05) is 37.4 Å². The Hall–Kier alpha value is -2.01. The predicted octanol–water partition coefficient (Wildman–Crippen LogP) is 3.65. The SMILES string of the molecule is Cl.Cn1nc(C2CCCCC2)cc1NC(=O)Cc1ccc(N)cc1. The van der Waals surface area contributed by atoms with E-state index >= 15 is 0 Å². The van der Waals surface area contributed by atoms with Crippen LogP contribution in [0.15, 0.2) is 30.3 Å². The zero-order valence-electron chi connectivity index (χ0n) is 14.0. The lowest BCUT2D eigenvalue weighted by atomic mass is 9.87. The number of aryl methyl sites for hydroxylation is 1. The van der Waals surface area contributed by atoms with Crippen LogP contribution < -0.4 is 11.1 Å². The molecule has 0 spiro atoms. The third kappa shape index (κ3) is 4.51. The summed E-state index contributed by atoms with van der Waals surface area (Å²) in [5, 5.41) is 7.55. The molecular formula is C18H25ClN4O. The zero-order valence-corrected chi connectivity index (χ0v) is 14.8. The first kappa shape index (κ1) is 18.3. The fraction of sp³-hybridized carbons (Fsp3) is 0.444. The van der Waals surface area contributed by atoms with Crippen LogP contribution in [-0.4, -0.2) is 15.7 Å². The number of nitrogens with one attached hydrogen (secondary N) is 1. The molecule has 1 aliphatic carbocycles. The summed E-state index contributed by atoms with van der Waals surface area (Å²) >= 11 is 0. The number of carbonyl (C=O) groups is 1. The number of rotatable bonds is 4. The summed E-state index contributed by atoms with van der Waals surface area (Å²) in [7, 11) is 1.88. The number of benzene rings is 1. The molecule has 1 saturated carbocycles. The third-order valence-corrected chi connectivity index (χ3v) is 4.53. The van der Waals surface area contributed by atoms with E-state index in [2.05, 4.69) is 10.4 Å². The molecule has 6 heteroatoms. The Labute approximate surface area is 149 Å². The Morgan fingerprint density at radius 3 is 2.58 bits per heavy atom. The van der Waals surface area contributed by atoms with Crippen molar-refractivity contribution in [2.75, 3.05) is 11.1 Å². The molecule has 3 N–H and O–H groups in total. The van der Waals surface area contributed by atoms with E-state index in [-0.39, 0.29) is 18.3 Å². The van der Waals surface area contributed by atoms with E-state index in [0.29, 0.717) is 18.0 Å². The normalized spacial score (nSPS) is 14.9. The molecule has 1 aliphatic rings. The lowest BCUT2D eigenvalue weighted by Gasteiger charge is -2.19. The lowest BCUT2D eigenvalue weighted by molar-refractivity contribution is -0.115. The second-order valence-corrected chi connectivity index (χ2v) is 6.38. The van der Waals surface area contributed by atoms with Gasteiger partial charge in [-0.2, -0.15) is 5.10 Å². The van der Waals surface area contributed by atoms with Crippen LogP contribution in [0.25, 0.3) is 0 Å². The maximum atomic E-state index is 12.2. The van der Waals surface area contributed by atoms with Crippen molar-refractivity contribution in [3.8, 4) is 0 Å². The monoisotopic (exact) mass is 348 g/mol. The summed E-state index contributed by atoms with van der Waals surface area (Å²) in [6.45, 7) is 0. The predicted molar refractivity (Wildman–Crippen MR) is 99.5 cm³/mol. The Morgan fingerprint density at radius 1 is 1.25 bits per heavy atom. The standard InChI is InChI=1S/C18H24N4O.ClH/c1-22-17(12-16(21-22)14-5-3-2-4-6-14)20-18(23)11-13-7-9-15(19)10-8-13;/h7-10,12,14H,2-6,11,19H2,1H3,(H,20,23);1H. The highest BCUT2D eigenvalue weighted by Crippen LogP contribution is 2.32. The third-order valence-electron chi connectivity index (χ3n) is 4.53. The van der Waals surface area contributed by atoms with Gasteiger partial charge in [0.2, 0.25) is 5.91 Å². The molecule has 0 atom stereocenters. The largest absolute Gasteiger partial charge is 0.399 e. The lowest BCUT2D eigenvalue weighted by Crippen LogP contribution is -2.16. The number of amides is 1. The Morgan fingerprint density at radius 2 is 1.92 bits per heavy atom. The first-order chi connectivity index (χ1) is 11.1. The highest BCUT2D eigenvalue weighted by molar-refractivity contribution is 5.91. The summed E-state index contributed by atoms with van der Waals surface area (Å²) in [5.41, 5.74) is 8.43. The van der Waals surface area contributed by atoms with Crippen molar-refractivity contribution in [2.45, 2.75) is 44.4 Å². The van der Waals surface area contributed by atoms with Crippen LogP contribution in [0.4, 0.5) is 11.5 Å². The van der Waals surface area contributed by atoms with Gasteiger partial charge >= 0.3 is 0 Å². The van der Waals surface area contributed by atoms with Gasteiger partial charge in [0, 0.05) is 24.7 Å². The maximum absolute atomic E-state index is 12.2. The van der Waals surface area contributed by atoms with Gasteiger partial charge in [-0.05, 0) is 30.5 Å². The number of nitrogen functional groups attached to an aromatic ring is 1. The fourth-order valence-electron chi connectivity index (χ4n) is 3.21. The van der Waals surface area contributed by atoms with Crippen LogP contribution in [0, 0.1) is 0 Å². The minimum Gasteiger partial charge on any atom is -0.399 e. The number of aromatic nitrogens is 2. The second kappa shape index (κ2) is 8.20. The number of carbonyl (C=O) groups excluding carboxylic acids is 1. The van der Waals surface area contributed by atoms with E-state index in [0.717, 1.165) is 17.1 Å². The van der Waals surface area contributed by atoms with Crippen LogP contribution in [-0.2, 0) is 18.3 Å². The van der Waals surface area contributed by atoms with Crippen LogP contribution >= 0.6 is 12.4 Å². The molecule has 2 aromatic rings. The van der Waals surface area contributed by atoms with Crippen LogP contribution in [0.1, 0.15) is 49.3 Å². The van der Waals surface area contributed by atoms with Gasteiger partial charge < -0.3 is 11.1 Å².